The number of imidazole rings is 1. The topological polar surface area (TPSA) is 110 Å². The SMILES string of the molecule is COC(=O)c1ccc2nc(CCOS(C)(=O)=O)n(C[C@@H]3CCO3)c2n1. The summed E-state index contributed by atoms with van der Waals surface area (Å²) in [7, 11) is -2.22. The van der Waals surface area contributed by atoms with Crippen LogP contribution >= 0.6 is 0 Å². The second kappa shape index (κ2) is 7.06. The smallest absolute Gasteiger partial charge is 0.356 e. The molecule has 2 aromatic rings. The van der Waals surface area contributed by atoms with Crippen LogP contribution in [0, 0.1) is 0 Å². The molecule has 1 saturated heterocycles. The van der Waals surface area contributed by atoms with Gasteiger partial charge >= 0.3 is 5.97 Å². The molecule has 3 heterocycles. The van der Waals surface area contributed by atoms with Gasteiger partial charge in [0, 0.05) is 13.0 Å². The van der Waals surface area contributed by atoms with E-state index in [1.54, 1.807) is 12.1 Å². The number of esters is 1. The Balaban J connectivity index is 1.93. The van der Waals surface area contributed by atoms with Gasteiger partial charge in [-0.3, -0.25) is 4.18 Å². The maximum absolute atomic E-state index is 11.7. The van der Waals surface area contributed by atoms with E-state index in [1.165, 1.54) is 7.11 Å². The van der Waals surface area contributed by atoms with Crippen LogP contribution in [0.1, 0.15) is 22.7 Å². The van der Waals surface area contributed by atoms with Crippen LogP contribution in [0.15, 0.2) is 12.1 Å². The molecule has 0 amide bonds. The number of carbonyl (C=O) groups is 1. The second-order valence-corrected chi connectivity index (χ2v) is 7.37. The van der Waals surface area contributed by atoms with E-state index in [9.17, 15) is 13.2 Å². The molecule has 1 fully saturated rings. The van der Waals surface area contributed by atoms with E-state index in [0.717, 1.165) is 12.7 Å². The van der Waals surface area contributed by atoms with Gasteiger partial charge in [-0.1, -0.05) is 0 Å². The van der Waals surface area contributed by atoms with Crippen molar-refractivity contribution in [1.29, 1.82) is 0 Å². The van der Waals surface area contributed by atoms with Gasteiger partial charge in [-0.2, -0.15) is 8.42 Å². The monoisotopic (exact) mass is 369 g/mol. The van der Waals surface area contributed by atoms with Gasteiger partial charge in [0.2, 0.25) is 0 Å². The van der Waals surface area contributed by atoms with Gasteiger partial charge in [-0.25, -0.2) is 14.8 Å². The highest BCUT2D eigenvalue weighted by Gasteiger charge is 2.23. The number of nitrogens with zero attached hydrogens (tertiary/aromatic N) is 3. The Bertz CT molecular complexity index is 888. The van der Waals surface area contributed by atoms with Crippen LogP contribution in [0.3, 0.4) is 0 Å². The van der Waals surface area contributed by atoms with Crippen molar-refractivity contribution < 1.29 is 26.9 Å². The minimum atomic E-state index is -3.51. The van der Waals surface area contributed by atoms with Crippen molar-refractivity contribution in [2.24, 2.45) is 0 Å². The van der Waals surface area contributed by atoms with Crippen molar-refractivity contribution >= 4 is 27.3 Å². The lowest BCUT2D eigenvalue weighted by Crippen LogP contribution is -2.32. The fourth-order valence-electron chi connectivity index (χ4n) is 2.57. The van der Waals surface area contributed by atoms with Gasteiger partial charge in [-0.15, -0.1) is 0 Å². The summed E-state index contributed by atoms with van der Waals surface area (Å²) in [6.07, 6.45) is 2.28. The highest BCUT2D eigenvalue weighted by atomic mass is 32.2. The van der Waals surface area contributed by atoms with Crippen molar-refractivity contribution in [3.63, 3.8) is 0 Å². The van der Waals surface area contributed by atoms with Crippen LogP contribution in [0.2, 0.25) is 0 Å². The maximum Gasteiger partial charge on any atom is 0.356 e. The Labute approximate surface area is 145 Å². The van der Waals surface area contributed by atoms with Crippen molar-refractivity contribution in [3.8, 4) is 0 Å². The predicted octanol–water partition coefficient (Wildman–Crippen LogP) is 0.525. The first-order chi connectivity index (χ1) is 11.9. The predicted molar refractivity (Wildman–Crippen MR) is 87.7 cm³/mol. The molecule has 25 heavy (non-hydrogen) atoms. The van der Waals surface area contributed by atoms with E-state index in [-0.39, 0.29) is 18.4 Å². The highest BCUT2D eigenvalue weighted by Crippen LogP contribution is 2.21. The molecule has 2 aromatic heterocycles. The van der Waals surface area contributed by atoms with E-state index >= 15 is 0 Å². The molecule has 0 saturated carbocycles. The summed E-state index contributed by atoms with van der Waals surface area (Å²) >= 11 is 0. The van der Waals surface area contributed by atoms with Crippen molar-refractivity contribution in [2.75, 3.05) is 26.6 Å². The molecule has 10 heteroatoms. The van der Waals surface area contributed by atoms with Gasteiger partial charge in [0.05, 0.1) is 32.6 Å². The summed E-state index contributed by atoms with van der Waals surface area (Å²) in [6, 6.07) is 3.23. The van der Waals surface area contributed by atoms with Crippen molar-refractivity contribution in [3.05, 3.63) is 23.7 Å². The molecule has 0 radical (unpaired) electrons. The lowest BCUT2D eigenvalue weighted by atomic mass is 10.2. The number of hydrogen-bond donors (Lipinski definition) is 0. The first kappa shape index (κ1) is 17.8. The van der Waals surface area contributed by atoms with Crippen molar-refractivity contribution in [1.82, 2.24) is 14.5 Å². The van der Waals surface area contributed by atoms with Gasteiger partial charge in [0.25, 0.3) is 10.1 Å². The minimum absolute atomic E-state index is 0.0163. The zero-order valence-electron chi connectivity index (χ0n) is 14.0. The molecule has 0 bridgehead atoms. The number of hydrogen-bond acceptors (Lipinski definition) is 8. The third-order valence-electron chi connectivity index (χ3n) is 3.87. The summed E-state index contributed by atoms with van der Waals surface area (Å²) in [5.74, 6) is 0.0974. The normalized spacial score (nSPS) is 17.4. The molecule has 136 valence electrons. The Kier molecular flexibility index (Phi) is 5.02. The summed E-state index contributed by atoms with van der Waals surface area (Å²) in [5, 5.41) is 0. The molecule has 0 aromatic carbocycles. The van der Waals surface area contributed by atoms with Crippen LogP contribution in [-0.2, 0) is 36.7 Å². The van der Waals surface area contributed by atoms with E-state index in [4.69, 9.17) is 13.7 Å². The van der Waals surface area contributed by atoms with Gasteiger partial charge < -0.3 is 14.0 Å². The quantitative estimate of drug-likeness (QED) is 0.513. The number of methoxy groups -OCH3 is 1. The zero-order valence-corrected chi connectivity index (χ0v) is 14.8. The van der Waals surface area contributed by atoms with Crippen LogP contribution in [0.4, 0.5) is 0 Å². The molecule has 0 N–H and O–H groups in total. The number of ether oxygens (including phenoxy) is 2. The number of pyridine rings is 1. The summed E-state index contributed by atoms with van der Waals surface area (Å²) in [6.45, 7) is 1.23. The standard InChI is InChI=1S/C15H19N3O6S/c1-22-15(19)12-4-3-11-14(17-12)18(9-10-5-7-23-10)13(16-11)6-8-24-25(2,20)21/h3-4,10H,5-9H2,1-2H3/t10-/m0/s1. The number of aromatic nitrogens is 3. The molecule has 9 nitrogen and oxygen atoms in total. The Morgan fingerprint density at radius 2 is 2.16 bits per heavy atom. The molecule has 0 spiro atoms. The van der Waals surface area contributed by atoms with Crippen LogP contribution in [0.25, 0.3) is 11.2 Å². The third-order valence-corrected chi connectivity index (χ3v) is 4.46. The fourth-order valence-corrected chi connectivity index (χ4v) is 2.95. The Morgan fingerprint density at radius 1 is 1.40 bits per heavy atom. The average molecular weight is 369 g/mol. The summed E-state index contributed by atoms with van der Waals surface area (Å²) in [4.78, 5) is 20.6. The zero-order chi connectivity index (χ0) is 18.0. The van der Waals surface area contributed by atoms with E-state index in [1.807, 2.05) is 4.57 Å². The molecular formula is C15H19N3O6S. The molecule has 1 aliphatic heterocycles. The number of carbonyl (C=O) groups excluding carboxylic acids is 1. The summed E-state index contributed by atoms with van der Waals surface area (Å²) < 4.78 is 39.1. The molecule has 3 rings (SSSR count). The lowest BCUT2D eigenvalue weighted by Gasteiger charge is -2.27. The average Bonchev–Trinajstić information content (AvgIpc) is 2.85. The van der Waals surface area contributed by atoms with Crippen LogP contribution in [-0.4, -0.2) is 61.6 Å². The fraction of sp³-hybridized carbons (Fsp3) is 0.533. The molecule has 0 unspecified atom stereocenters. The van der Waals surface area contributed by atoms with Crippen molar-refractivity contribution in [2.45, 2.75) is 25.5 Å². The molecule has 1 aliphatic rings. The largest absolute Gasteiger partial charge is 0.464 e. The maximum atomic E-state index is 11.7. The first-order valence-corrected chi connectivity index (χ1v) is 9.59. The van der Waals surface area contributed by atoms with E-state index < -0.39 is 16.1 Å². The second-order valence-electron chi connectivity index (χ2n) is 5.73. The summed E-state index contributed by atoms with van der Waals surface area (Å²) in [5.41, 5.74) is 1.33. The van der Waals surface area contributed by atoms with E-state index in [0.29, 0.717) is 36.6 Å². The van der Waals surface area contributed by atoms with Gasteiger partial charge in [0.15, 0.2) is 11.3 Å². The molecular weight excluding hydrogens is 350 g/mol. The first-order valence-electron chi connectivity index (χ1n) is 7.78. The number of fused-ring (bicyclic) bond motifs is 1. The Morgan fingerprint density at radius 3 is 2.76 bits per heavy atom. The van der Waals surface area contributed by atoms with Crippen LogP contribution in [0.5, 0.6) is 0 Å². The molecule has 1 atom stereocenters. The van der Waals surface area contributed by atoms with Gasteiger partial charge in [-0.05, 0) is 18.6 Å². The van der Waals surface area contributed by atoms with E-state index in [2.05, 4.69) is 9.97 Å². The molecule has 0 aliphatic carbocycles. The Hall–Kier alpha value is -2.04. The third kappa shape index (κ3) is 4.14. The van der Waals surface area contributed by atoms with Gasteiger partial charge in [0.1, 0.15) is 11.3 Å². The highest BCUT2D eigenvalue weighted by molar-refractivity contribution is 7.85. The minimum Gasteiger partial charge on any atom is -0.464 e. The number of rotatable bonds is 7. The lowest BCUT2D eigenvalue weighted by molar-refractivity contribution is -0.0591. The van der Waals surface area contributed by atoms with Crippen LogP contribution < -0.4 is 0 Å².